The molecule has 0 aliphatic carbocycles. The summed E-state index contributed by atoms with van der Waals surface area (Å²) >= 11 is 1.53. The summed E-state index contributed by atoms with van der Waals surface area (Å²) in [5.41, 5.74) is 2.70. The molecule has 1 unspecified atom stereocenters. The van der Waals surface area contributed by atoms with Crippen LogP contribution < -0.4 is 0 Å². The van der Waals surface area contributed by atoms with Gasteiger partial charge in [-0.3, -0.25) is 24.0 Å². The van der Waals surface area contributed by atoms with E-state index in [1.807, 2.05) is 19.1 Å². The molecule has 1 aliphatic rings. The summed E-state index contributed by atoms with van der Waals surface area (Å²) in [6.07, 6.45) is -4.61. The van der Waals surface area contributed by atoms with Crippen molar-refractivity contribution in [1.29, 1.82) is 0 Å². The summed E-state index contributed by atoms with van der Waals surface area (Å²) in [6.45, 7) is 6.30. The van der Waals surface area contributed by atoms with Crippen molar-refractivity contribution in [1.82, 2.24) is 0 Å². The lowest BCUT2D eigenvalue weighted by atomic mass is 9.93. The molecule has 0 spiro atoms. The molecular weight excluding hydrogens is 671 g/mol. The van der Waals surface area contributed by atoms with Crippen molar-refractivity contribution >= 4 is 41.0 Å². The number of thiophene rings is 1. The summed E-state index contributed by atoms with van der Waals surface area (Å²) in [6, 6.07) is 15.1. The van der Waals surface area contributed by atoms with Crippen LogP contribution in [0.5, 0.6) is 0 Å². The monoisotopic (exact) mass is 712 g/mol. The number of halogens is 1. The predicted octanol–water partition coefficient (Wildman–Crippen LogP) is 5.91. The Morgan fingerprint density at radius 2 is 1.52 bits per heavy atom. The van der Waals surface area contributed by atoms with Crippen LogP contribution in [-0.4, -0.2) is 73.6 Å². The smallest absolute Gasteiger partial charge is 0.303 e. The zero-order valence-electron chi connectivity index (χ0n) is 28.6. The minimum Gasteiger partial charge on any atom is -0.463 e. The first-order valence-corrected chi connectivity index (χ1v) is 17.0. The van der Waals surface area contributed by atoms with E-state index in [0.29, 0.717) is 19.4 Å². The van der Waals surface area contributed by atoms with E-state index in [1.54, 1.807) is 30.3 Å². The van der Waals surface area contributed by atoms with Gasteiger partial charge in [0, 0.05) is 56.0 Å². The van der Waals surface area contributed by atoms with Crippen molar-refractivity contribution in [2.75, 3.05) is 13.2 Å². The van der Waals surface area contributed by atoms with Gasteiger partial charge in [0.2, 0.25) is 11.9 Å². The Balaban J connectivity index is 1.70. The standard InChI is InChI=1S/C37H41FO11S/c1-21-9-10-27(18-28(21)19-30-15-16-32(50-30)26-11-13-29(38)14-12-26)34(43)36(47-24(4)41)37(48-25(5)42)35(46-23(3)40)31(20-45-22(2)39)49-33-8-6-7-17-44-33/h9-16,18,31,33,35-37H,6-8,17,19-20H2,1-5H3/t31-,33?,35-,36+,37+/m1/s1. The van der Waals surface area contributed by atoms with Gasteiger partial charge in [0.1, 0.15) is 18.5 Å². The predicted molar refractivity (Wildman–Crippen MR) is 180 cm³/mol. The quantitative estimate of drug-likeness (QED) is 0.106. The molecule has 13 heteroatoms. The number of benzene rings is 2. The average molecular weight is 713 g/mol. The maximum absolute atomic E-state index is 14.3. The topological polar surface area (TPSA) is 141 Å². The fraction of sp³-hybridized carbons (Fsp3) is 0.432. The molecule has 0 bridgehead atoms. The molecule has 0 amide bonds. The van der Waals surface area contributed by atoms with E-state index in [1.165, 1.54) is 30.4 Å². The number of carbonyl (C=O) groups is 5. The molecule has 1 aliphatic heterocycles. The number of hydrogen-bond acceptors (Lipinski definition) is 12. The Kier molecular flexibility index (Phi) is 13.8. The number of carbonyl (C=O) groups excluding carboxylic acids is 5. The lowest BCUT2D eigenvalue weighted by Gasteiger charge is -2.37. The van der Waals surface area contributed by atoms with Gasteiger partial charge in [-0.2, -0.15) is 0 Å². The van der Waals surface area contributed by atoms with E-state index < -0.39 is 67.0 Å². The van der Waals surface area contributed by atoms with Crippen molar-refractivity contribution in [3.05, 3.63) is 82.0 Å². The maximum Gasteiger partial charge on any atom is 0.303 e. The Labute approximate surface area is 293 Å². The lowest BCUT2D eigenvalue weighted by molar-refractivity contribution is -0.239. The van der Waals surface area contributed by atoms with Crippen LogP contribution in [0.4, 0.5) is 4.39 Å². The molecule has 11 nitrogen and oxygen atoms in total. The number of ketones is 1. The molecule has 2 heterocycles. The fourth-order valence-electron chi connectivity index (χ4n) is 5.52. The summed E-state index contributed by atoms with van der Waals surface area (Å²) < 4.78 is 47.2. The molecule has 3 aromatic rings. The summed E-state index contributed by atoms with van der Waals surface area (Å²) in [7, 11) is 0. The van der Waals surface area contributed by atoms with Gasteiger partial charge >= 0.3 is 23.9 Å². The zero-order chi connectivity index (χ0) is 36.4. The Hall–Kier alpha value is -4.46. The molecule has 2 aromatic carbocycles. The van der Waals surface area contributed by atoms with E-state index in [2.05, 4.69) is 0 Å². The Morgan fingerprint density at radius 1 is 0.840 bits per heavy atom. The summed E-state index contributed by atoms with van der Waals surface area (Å²) in [4.78, 5) is 65.5. The van der Waals surface area contributed by atoms with Crippen molar-refractivity contribution in [2.24, 2.45) is 0 Å². The van der Waals surface area contributed by atoms with Crippen molar-refractivity contribution in [3.63, 3.8) is 0 Å². The zero-order valence-corrected chi connectivity index (χ0v) is 29.4. The van der Waals surface area contributed by atoms with Crippen LogP contribution in [0.25, 0.3) is 10.4 Å². The number of rotatable bonds is 15. The third-order valence-corrected chi connectivity index (χ3v) is 8.98. The van der Waals surface area contributed by atoms with Crippen LogP contribution in [0.2, 0.25) is 0 Å². The SMILES string of the molecule is CC(=O)OC[C@@H](OC1CCCCO1)[C@@H](OC(C)=O)[C@H](OC(C)=O)[C@@H](OC(C)=O)C(=O)c1ccc(C)c(Cc2ccc(-c3ccc(F)cc3)s2)c1. The first-order valence-electron chi connectivity index (χ1n) is 16.2. The largest absolute Gasteiger partial charge is 0.463 e. The van der Waals surface area contributed by atoms with Crippen LogP contribution in [0, 0.1) is 12.7 Å². The van der Waals surface area contributed by atoms with Crippen LogP contribution in [-0.2, 0) is 54.0 Å². The molecule has 0 saturated carbocycles. The maximum atomic E-state index is 14.3. The Bertz CT molecular complexity index is 1660. The third-order valence-electron chi connectivity index (χ3n) is 7.85. The van der Waals surface area contributed by atoms with Crippen LogP contribution in [0.3, 0.4) is 0 Å². The minimum absolute atomic E-state index is 0.138. The third kappa shape index (κ3) is 11.0. The first kappa shape index (κ1) is 38.3. The van der Waals surface area contributed by atoms with Crippen LogP contribution in [0.15, 0.2) is 54.6 Å². The highest BCUT2D eigenvalue weighted by atomic mass is 32.1. The molecule has 4 rings (SSSR count). The highest BCUT2D eigenvalue weighted by molar-refractivity contribution is 7.15. The van der Waals surface area contributed by atoms with Gasteiger partial charge in [0.15, 0.2) is 18.5 Å². The molecule has 5 atom stereocenters. The summed E-state index contributed by atoms with van der Waals surface area (Å²) in [5, 5.41) is 0. The van der Waals surface area contributed by atoms with E-state index in [-0.39, 0.29) is 11.4 Å². The molecule has 1 aromatic heterocycles. The van der Waals surface area contributed by atoms with Gasteiger partial charge in [-0.25, -0.2) is 4.39 Å². The van der Waals surface area contributed by atoms with Gasteiger partial charge in [-0.1, -0.05) is 24.3 Å². The normalized spacial score (nSPS) is 16.7. The van der Waals surface area contributed by atoms with Crippen LogP contribution >= 0.6 is 11.3 Å². The van der Waals surface area contributed by atoms with E-state index in [9.17, 15) is 28.4 Å². The number of aryl methyl sites for hydroxylation is 1. The van der Waals surface area contributed by atoms with Gasteiger partial charge in [0.05, 0.1) is 0 Å². The second kappa shape index (κ2) is 18.0. The van der Waals surface area contributed by atoms with Crippen molar-refractivity contribution in [2.45, 2.75) is 91.0 Å². The second-order valence-corrected chi connectivity index (χ2v) is 13.1. The van der Waals surface area contributed by atoms with Gasteiger partial charge in [-0.15, -0.1) is 11.3 Å². The van der Waals surface area contributed by atoms with Gasteiger partial charge < -0.3 is 28.4 Å². The average Bonchev–Trinajstić information content (AvgIpc) is 3.53. The summed E-state index contributed by atoms with van der Waals surface area (Å²) in [5.74, 6) is -4.27. The van der Waals surface area contributed by atoms with E-state index in [0.717, 1.165) is 60.1 Å². The lowest BCUT2D eigenvalue weighted by Crippen LogP contribution is -2.55. The number of ether oxygens (including phenoxy) is 6. The fourth-order valence-corrected chi connectivity index (χ4v) is 6.56. The second-order valence-electron chi connectivity index (χ2n) is 11.9. The van der Waals surface area contributed by atoms with Crippen molar-refractivity contribution < 1.29 is 56.8 Å². The number of esters is 4. The number of hydrogen-bond donors (Lipinski definition) is 0. The first-order chi connectivity index (χ1) is 23.8. The van der Waals surface area contributed by atoms with Crippen molar-refractivity contribution in [3.8, 4) is 10.4 Å². The van der Waals surface area contributed by atoms with E-state index in [4.69, 9.17) is 28.4 Å². The number of Topliss-reactive ketones (excluding diaryl/α,β-unsaturated/α-hetero) is 1. The molecule has 50 heavy (non-hydrogen) atoms. The highest BCUT2D eigenvalue weighted by Gasteiger charge is 2.47. The molecular formula is C37H41FO11S. The molecule has 1 fully saturated rings. The van der Waals surface area contributed by atoms with E-state index >= 15 is 0 Å². The van der Waals surface area contributed by atoms with Crippen LogP contribution in [0.1, 0.15) is 73.3 Å². The molecule has 0 N–H and O–H groups in total. The minimum atomic E-state index is -1.79. The Morgan fingerprint density at radius 3 is 2.14 bits per heavy atom. The molecule has 268 valence electrons. The highest BCUT2D eigenvalue weighted by Crippen LogP contribution is 2.31. The van der Waals surface area contributed by atoms with Gasteiger partial charge in [0.25, 0.3) is 0 Å². The molecule has 0 radical (unpaired) electrons. The molecule has 1 saturated heterocycles. The van der Waals surface area contributed by atoms with Gasteiger partial charge in [-0.05, 0) is 73.2 Å².